The van der Waals surface area contributed by atoms with Crippen LogP contribution in [0, 0.1) is 0 Å². The summed E-state index contributed by atoms with van der Waals surface area (Å²) in [5.74, 6) is -1.51. The molecule has 0 aromatic heterocycles. The van der Waals surface area contributed by atoms with Gasteiger partial charge in [0.2, 0.25) is 0 Å². The number of carboxylic acid groups (broad SMARTS) is 1. The van der Waals surface area contributed by atoms with Crippen LogP contribution in [-0.4, -0.2) is 50.1 Å². The van der Waals surface area contributed by atoms with E-state index in [1.165, 1.54) is 0 Å². The topological polar surface area (TPSA) is 82.1 Å². The van der Waals surface area contributed by atoms with Crippen molar-refractivity contribution in [3.05, 3.63) is 0 Å². The zero-order valence-electron chi connectivity index (χ0n) is 10.1. The molecule has 0 aliphatic rings. The number of aliphatic carboxylic acids is 1. The minimum atomic E-state index is -1.01. The lowest BCUT2D eigenvalue weighted by Crippen LogP contribution is -2.12. The molecule has 0 rings (SSSR count). The summed E-state index contributed by atoms with van der Waals surface area (Å²) in [6.07, 6.45) is 0.508. The minimum Gasteiger partial charge on any atom is -0.481 e. The number of carbonyl (C=O) groups excluding carboxylic acids is 1. The maximum atomic E-state index is 11.0. The number of carboxylic acids is 1. The fourth-order valence-electron chi connectivity index (χ4n) is 1.01. The van der Waals surface area contributed by atoms with Crippen molar-refractivity contribution in [1.29, 1.82) is 0 Å². The number of carbonyl (C=O) groups is 2. The Kier molecular flexibility index (Phi) is 10.6. The van der Waals surface area contributed by atoms with Crippen molar-refractivity contribution in [2.24, 2.45) is 0 Å². The predicted octanol–water partition coefficient (Wildman–Crippen LogP) is 0.838. The van der Waals surface area contributed by atoms with Crippen molar-refractivity contribution in [2.45, 2.75) is 26.2 Å². The van der Waals surface area contributed by atoms with Crippen molar-refractivity contribution in [1.82, 2.24) is 0 Å². The van der Waals surface area contributed by atoms with E-state index in [1.54, 1.807) is 0 Å². The molecule has 0 radical (unpaired) electrons. The summed E-state index contributed by atoms with van der Waals surface area (Å²) in [6.45, 7) is 4.33. The zero-order chi connectivity index (χ0) is 12.9. The van der Waals surface area contributed by atoms with Gasteiger partial charge in [-0.1, -0.05) is 0 Å². The van der Waals surface area contributed by atoms with E-state index in [0.29, 0.717) is 26.4 Å². The van der Waals surface area contributed by atoms with Gasteiger partial charge < -0.3 is 19.3 Å². The van der Waals surface area contributed by atoms with Crippen molar-refractivity contribution in [3.63, 3.8) is 0 Å². The minimum absolute atomic E-state index is 0.0975. The molecule has 6 nitrogen and oxygen atoms in total. The van der Waals surface area contributed by atoms with Gasteiger partial charge >= 0.3 is 11.9 Å². The average Bonchev–Trinajstić information content (AvgIpc) is 2.30. The van der Waals surface area contributed by atoms with Crippen molar-refractivity contribution in [3.8, 4) is 0 Å². The van der Waals surface area contributed by atoms with Gasteiger partial charge in [-0.15, -0.1) is 0 Å². The lowest BCUT2D eigenvalue weighted by atomic mass is 10.3. The van der Waals surface area contributed by atoms with Crippen molar-refractivity contribution >= 4 is 11.9 Å². The van der Waals surface area contributed by atoms with E-state index in [2.05, 4.69) is 0 Å². The summed E-state index contributed by atoms with van der Waals surface area (Å²) in [4.78, 5) is 21.1. The van der Waals surface area contributed by atoms with E-state index in [9.17, 15) is 9.59 Å². The van der Waals surface area contributed by atoms with Gasteiger partial charge in [0.1, 0.15) is 6.61 Å². The van der Waals surface area contributed by atoms with Crippen LogP contribution in [-0.2, 0) is 23.8 Å². The molecule has 0 fully saturated rings. The molecule has 0 saturated heterocycles. The fraction of sp³-hybridized carbons (Fsp3) is 0.818. The van der Waals surface area contributed by atoms with Crippen LogP contribution in [0.2, 0.25) is 0 Å². The molecule has 100 valence electrons. The summed E-state index contributed by atoms with van der Waals surface area (Å²) in [5.41, 5.74) is 0. The molecule has 0 aliphatic heterocycles. The Hall–Kier alpha value is -1.14. The van der Waals surface area contributed by atoms with E-state index in [4.69, 9.17) is 19.3 Å². The van der Waals surface area contributed by atoms with E-state index in [-0.39, 0.29) is 19.4 Å². The molecular formula is C11H20O6. The Morgan fingerprint density at radius 3 is 2.35 bits per heavy atom. The Labute approximate surface area is 101 Å². The third-order valence-corrected chi connectivity index (χ3v) is 1.82. The monoisotopic (exact) mass is 248 g/mol. The van der Waals surface area contributed by atoms with Gasteiger partial charge in [0.25, 0.3) is 0 Å². The van der Waals surface area contributed by atoms with Crippen LogP contribution in [0.3, 0.4) is 0 Å². The quantitative estimate of drug-likeness (QED) is 0.431. The molecule has 0 spiro atoms. The van der Waals surface area contributed by atoms with E-state index < -0.39 is 11.9 Å². The largest absolute Gasteiger partial charge is 0.481 e. The van der Waals surface area contributed by atoms with Crippen LogP contribution in [0.4, 0.5) is 0 Å². The van der Waals surface area contributed by atoms with Crippen LogP contribution < -0.4 is 0 Å². The first-order chi connectivity index (χ1) is 8.16. The number of hydrogen-bond acceptors (Lipinski definition) is 5. The summed E-state index contributed by atoms with van der Waals surface area (Å²) < 4.78 is 15.1. The summed E-state index contributed by atoms with van der Waals surface area (Å²) in [6, 6.07) is 0. The Bertz CT molecular complexity index is 216. The Morgan fingerprint density at radius 1 is 1.00 bits per heavy atom. The number of ether oxygens (including phenoxy) is 3. The highest BCUT2D eigenvalue weighted by molar-refractivity contribution is 5.76. The SMILES string of the molecule is CCOCCCOCCOC(=O)CCC(=O)O. The lowest BCUT2D eigenvalue weighted by molar-refractivity contribution is -0.148. The summed E-state index contributed by atoms with van der Waals surface area (Å²) in [5, 5.41) is 8.33. The Balaban J connectivity index is 3.16. The smallest absolute Gasteiger partial charge is 0.306 e. The molecule has 6 heteroatoms. The second-order valence-corrected chi connectivity index (χ2v) is 3.28. The van der Waals surface area contributed by atoms with Crippen LogP contribution in [0.1, 0.15) is 26.2 Å². The average molecular weight is 248 g/mol. The lowest BCUT2D eigenvalue weighted by Gasteiger charge is -2.05. The molecule has 0 amide bonds. The van der Waals surface area contributed by atoms with E-state index in [1.807, 2.05) is 6.92 Å². The second kappa shape index (κ2) is 11.3. The second-order valence-electron chi connectivity index (χ2n) is 3.28. The molecule has 0 aromatic carbocycles. The molecular weight excluding hydrogens is 228 g/mol. The highest BCUT2D eigenvalue weighted by atomic mass is 16.6. The Morgan fingerprint density at radius 2 is 1.71 bits per heavy atom. The molecule has 0 bridgehead atoms. The molecule has 1 N–H and O–H groups in total. The molecule has 0 heterocycles. The molecule has 0 aliphatic carbocycles. The van der Waals surface area contributed by atoms with Crippen LogP contribution >= 0.6 is 0 Å². The maximum absolute atomic E-state index is 11.0. The summed E-state index contributed by atoms with van der Waals surface area (Å²) >= 11 is 0. The van der Waals surface area contributed by atoms with Crippen LogP contribution in [0.25, 0.3) is 0 Å². The van der Waals surface area contributed by atoms with E-state index >= 15 is 0 Å². The normalized spacial score (nSPS) is 10.2. The van der Waals surface area contributed by atoms with Crippen molar-refractivity contribution < 1.29 is 28.9 Å². The van der Waals surface area contributed by atoms with Gasteiger partial charge in [0.15, 0.2) is 0 Å². The van der Waals surface area contributed by atoms with Gasteiger partial charge in [0.05, 0.1) is 19.4 Å². The zero-order valence-corrected chi connectivity index (χ0v) is 10.1. The fourth-order valence-corrected chi connectivity index (χ4v) is 1.01. The van der Waals surface area contributed by atoms with Gasteiger partial charge in [0, 0.05) is 19.8 Å². The molecule has 0 aromatic rings. The van der Waals surface area contributed by atoms with Crippen LogP contribution in [0.5, 0.6) is 0 Å². The number of hydrogen-bond donors (Lipinski definition) is 1. The van der Waals surface area contributed by atoms with Crippen molar-refractivity contribution in [2.75, 3.05) is 33.0 Å². The van der Waals surface area contributed by atoms with Crippen LogP contribution in [0.15, 0.2) is 0 Å². The van der Waals surface area contributed by atoms with Gasteiger partial charge in [-0.3, -0.25) is 9.59 Å². The highest BCUT2D eigenvalue weighted by Gasteiger charge is 2.05. The first-order valence-electron chi connectivity index (χ1n) is 5.69. The van der Waals surface area contributed by atoms with Gasteiger partial charge in [-0.25, -0.2) is 0 Å². The molecule has 17 heavy (non-hydrogen) atoms. The third-order valence-electron chi connectivity index (χ3n) is 1.82. The van der Waals surface area contributed by atoms with E-state index in [0.717, 1.165) is 6.42 Å². The van der Waals surface area contributed by atoms with Gasteiger partial charge in [-0.05, 0) is 13.3 Å². The highest BCUT2D eigenvalue weighted by Crippen LogP contribution is 1.93. The molecule has 0 atom stereocenters. The standard InChI is InChI=1S/C11H20O6/c1-2-15-6-3-7-16-8-9-17-11(14)5-4-10(12)13/h2-9H2,1H3,(H,12,13). The molecule has 0 unspecified atom stereocenters. The maximum Gasteiger partial charge on any atom is 0.306 e. The third kappa shape index (κ3) is 12.8. The first-order valence-corrected chi connectivity index (χ1v) is 5.69. The first kappa shape index (κ1) is 15.9. The number of esters is 1. The summed E-state index contributed by atoms with van der Waals surface area (Å²) in [7, 11) is 0. The molecule has 0 saturated carbocycles. The van der Waals surface area contributed by atoms with Gasteiger partial charge in [-0.2, -0.15) is 0 Å². The predicted molar refractivity (Wildman–Crippen MR) is 59.8 cm³/mol. The number of rotatable bonds is 11.